The van der Waals surface area contributed by atoms with Gasteiger partial charge in [-0.1, -0.05) is 204 Å². The Morgan fingerprint density at radius 3 is 0.463 bits per heavy atom. The van der Waals surface area contributed by atoms with Crippen molar-refractivity contribution in [3.63, 3.8) is 0 Å². The lowest BCUT2D eigenvalue weighted by Gasteiger charge is -2.11. The van der Waals surface area contributed by atoms with Crippen molar-refractivity contribution in [2.45, 2.75) is 163 Å². The Labute approximate surface area is 639 Å². The minimum atomic E-state index is -0.398. The van der Waals surface area contributed by atoms with Crippen LogP contribution in [-0.4, -0.2) is 23.9 Å². The van der Waals surface area contributed by atoms with Crippen LogP contribution in [0.15, 0.2) is 267 Å². The molecule has 0 fully saturated rings. The van der Waals surface area contributed by atoms with Gasteiger partial charge in [0.25, 0.3) is 0 Å². The highest BCUT2D eigenvalue weighted by Gasteiger charge is 2.10. The fourth-order valence-electron chi connectivity index (χ4n) is 8.97. The van der Waals surface area contributed by atoms with Gasteiger partial charge in [-0.15, -0.1) is 0 Å². The topological polar surface area (TPSA) is 179 Å². The summed E-state index contributed by atoms with van der Waals surface area (Å²) in [6, 6.07) is 76.2. The Morgan fingerprint density at radius 1 is 0.204 bits per heavy atom. The van der Waals surface area contributed by atoms with Crippen LogP contribution in [0.3, 0.4) is 0 Å². The highest BCUT2D eigenvalue weighted by molar-refractivity contribution is 5.87. The molecule has 0 amide bonds. The van der Waals surface area contributed by atoms with Gasteiger partial charge in [0, 0.05) is 25.0 Å². The van der Waals surface area contributed by atoms with Crippen LogP contribution in [0.5, 0.6) is 57.5 Å². The average Bonchev–Trinajstić information content (AvgIpc) is 0.893. The molecule has 0 atom stereocenters. The van der Waals surface area contributed by atoms with Gasteiger partial charge in [-0.05, 0) is 191 Å². The third kappa shape index (κ3) is 34.3. The Hall–Kier alpha value is -12.0. The predicted molar refractivity (Wildman–Crippen MR) is 428 cm³/mol. The summed E-state index contributed by atoms with van der Waals surface area (Å²) in [7, 11) is 0. The monoisotopic (exact) mass is 1470 g/mol. The Bertz CT molecular complexity index is 3900. The van der Waals surface area contributed by atoms with E-state index in [1.165, 1.54) is 13.8 Å². The zero-order valence-electron chi connectivity index (χ0n) is 65.1. The van der Waals surface area contributed by atoms with Crippen molar-refractivity contribution in [2.24, 2.45) is 0 Å². The van der Waals surface area contributed by atoms with Gasteiger partial charge in [0.05, 0.1) is 0 Å². The maximum absolute atomic E-state index is 11.6. The molecule has 0 saturated heterocycles. The molecule has 16 heteroatoms. The number of carbonyl (C=O) groups is 4. The van der Waals surface area contributed by atoms with E-state index < -0.39 is 11.9 Å². The van der Waals surface area contributed by atoms with E-state index in [4.69, 9.17) is 56.8 Å². The largest absolute Gasteiger partial charge is 0.489 e. The number of hydrogen-bond acceptors (Lipinski definition) is 16. The summed E-state index contributed by atoms with van der Waals surface area (Å²) in [5, 5.41) is 0. The first-order valence-electron chi connectivity index (χ1n) is 36.5. The fourth-order valence-corrected chi connectivity index (χ4v) is 8.97. The van der Waals surface area contributed by atoms with Gasteiger partial charge in [0.1, 0.15) is 124 Å². The summed E-state index contributed by atoms with van der Waals surface area (Å²) < 4.78 is 67.8. The van der Waals surface area contributed by atoms with Gasteiger partial charge in [-0.2, -0.15) is 0 Å². The van der Waals surface area contributed by atoms with Crippen LogP contribution in [0, 0.1) is 0 Å². The summed E-state index contributed by atoms with van der Waals surface area (Å²) in [4.78, 5) is 45.2. The molecule has 0 aliphatic heterocycles. The molecule has 0 bridgehead atoms. The number of hydrogen-bond donors (Lipinski definition) is 0. The lowest BCUT2D eigenvalue weighted by Crippen LogP contribution is -2.05. The zero-order valence-corrected chi connectivity index (χ0v) is 65.1. The van der Waals surface area contributed by atoms with E-state index in [9.17, 15) is 19.2 Å². The van der Waals surface area contributed by atoms with Crippen molar-refractivity contribution < 1.29 is 76.0 Å². The number of ether oxygens (including phenoxy) is 12. The highest BCUT2D eigenvalue weighted by atomic mass is 16.6. The molecule has 0 spiro atoms. The third-order valence-corrected chi connectivity index (χ3v) is 14.4. The first-order chi connectivity index (χ1) is 52.6. The number of rotatable bonds is 32. The molecule has 0 aromatic heterocycles. The number of carbonyl (C=O) groups excluding carboxylic acids is 4. The smallest absolute Gasteiger partial charge is 0.333 e. The Balaban J connectivity index is 0.000000412. The molecular weight excluding hydrogens is 1360 g/mol. The van der Waals surface area contributed by atoms with Crippen LogP contribution in [0.25, 0.3) is 0 Å². The van der Waals surface area contributed by atoms with Gasteiger partial charge in [0.2, 0.25) is 0 Å². The molecular formula is C92H106O16. The molecule has 16 nitrogen and oxygen atoms in total. The molecule has 108 heavy (non-hydrogen) atoms. The standard InChI is InChI=1S/C44H42O8.C38H34O8.5C2H6/c1-31(2)43(45)51-29-35-9-5-33(6-10-35)25-47-39-17-13-37(14-18-39)27-48-40-19-15-38(16-20-40)28-50-42-23-21-41(22-24-42)49-26-34-7-11-36(12-8-34)30-52-44(46)32(3)4;1-27(39)45-37-19-15-35(16-20-37)43-25-31-7-3-29(4-8-31)23-41-33-11-13-34(14-12-33)42-24-30-5-9-32(10-6-30)26-44-36-17-21-38(22-18-36)46-28(2)40;5*1-2/h5-24H,1,3,25-30H2,2,4H3;3-22H,23-26H2,1-2H3;5*1-2H3. The second-order valence-corrected chi connectivity index (χ2v) is 22.6. The first kappa shape index (κ1) is 88.4. The van der Waals surface area contributed by atoms with Gasteiger partial charge in [-0.3, -0.25) is 9.59 Å². The van der Waals surface area contributed by atoms with E-state index in [2.05, 4.69) is 13.2 Å². The first-order valence-corrected chi connectivity index (χ1v) is 36.5. The van der Waals surface area contributed by atoms with Gasteiger partial charge < -0.3 is 56.8 Å². The quantitative estimate of drug-likeness (QED) is 0.0221. The van der Waals surface area contributed by atoms with E-state index in [1.54, 1.807) is 62.4 Å². The summed E-state index contributed by atoms with van der Waals surface area (Å²) in [6.45, 7) is 37.0. The molecule has 570 valence electrons. The van der Waals surface area contributed by atoms with E-state index in [1.807, 2.05) is 263 Å². The Morgan fingerprint density at radius 2 is 0.324 bits per heavy atom. The summed E-state index contributed by atoms with van der Waals surface area (Å²) in [6.07, 6.45) is 0. The molecule has 0 saturated carbocycles. The average molecular weight is 1470 g/mol. The third-order valence-electron chi connectivity index (χ3n) is 14.4. The molecule has 10 rings (SSSR count). The van der Waals surface area contributed by atoms with Crippen molar-refractivity contribution in [3.05, 3.63) is 323 Å². The zero-order chi connectivity index (χ0) is 78.9. The molecule has 0 N–H and O–H groups in total. The Kier molecular flexibility index (Phi) is 41.9. The van der Waals surface area contributed by atoms with Crippen LogP contribution in [0.1, 0.15) is 153 Å². The second kappa shape index (κ2) is 51.2. The molecule has 10 aromatic rings. The predicted octanol–water partition coefficient (Wildman–Crippen LogP) is 22.2. The van der Waals surface area contributed by atoms with E-state index in [0.717, 1.165) is 90.1 Å². The van der Waals surface area contributed by atoms with Crippen molar-refractivity contribution in [3.8, 4) is 57.5 Å². The van der Waals surface area contributed by atoms with Crippen molar-refractivity contribution in [1.82, 2.24) is 0 Å². The minimum Gasteiger partial charge on any atom is -0.489 e. The van der Waals surface area contributed by atoms with Crippen LogP contribution in [-0.2, 0) is 94.7 Å². The van der Waals surface area contributed by atoms with Crippen LogP contribution >= 0.6 is 0 Å². The maximum Gasteiger partial charge on any atom is 0.333 e. The van der Waals surface area contributed by atoms with Gasteiger partial charge >= 0.3 is 23.9 Å². The van der Waals surface area contributed by atoms with E-state index in [0.29, 0.717) is 87.0 Å². The van der Waals surface area contributed by atoms with Crippen molar-refractivity contribution in [1.29, 1.82) is 0 Å². The fraction of sp³-hybridized carbons (Fsp3) is 0.261. The lowest BCUT2D eigenvalue weighted by molar-refractivity contribution is -0.141. The van der Waals surface area contributed by atoms with E-state index in [-0.39, 0.29) is 25.2 Å². The van der Waals surface area contributed by atoms with Gasteiger partial charge in [0.15, 0.2) is 0 Å². The lowest BCUT2D eigenvalue weighted by atomic mass is 10.1. The molecule has 0 aliphatic rings. The van der Waals surface area contributed by atoms with Gasteiger partial charge in [-0.25, -0.2) is 9.59 Å². The van der Waals surface area contributed by atoms with Crippen molar-refractivity contribution >= 4 is 23.9 Å². The molecule has 0 unspecified atom stereocenters. The SMILES string of the molecule is C=C(C)C(=O)OCc1ccc(COc2ccc(COc3ccc(COc4ccc(OCc5ccc(COC(=O)C(=C)C)cc5)cc4)cc3)cc2)cc1.CC.CC.CC.CC.CC.CC(=O)Oc1ccc(OCc2ccc(COc3ccc(OCc4ccc(COc5ccc(OC(C)=O)cc5)cc4)cc3)cc2)cc1. The normalized spacial score (nSPS) is 9.80. The van der Waals surface area contributed by atoms with Crippen LogP contribution < -0.4 is 47.4 Å². The molecule has 0 aliphatic carbocycles. The number of benzene rings is 10. The highest BCUT2D eigenvalue weighted by Crippen LogP contribution is 2.26. The summed E-state index contributed by atoms with van der Waals surface area (Å²) in [5.41, 5.74) is 10.8. The van der Waals surface area contributed by atoms with Crippen LogP contribution in [0.2, 0.25) is 0 Å². The summed E-state index contributed by atoms with van der Waals surface area (Å²) in [5.74, 6) is 5.37. The molecule has 0 heterocycles. The number of esters is 4. The van der Waals surface area contributed by atoms with E-state index >= 15 is 0 Å². The second-order valence-electron chi connectivity index (χ2n) is 22.6. The maximum atomic E-state index is 11.6. The minimum absolute atomic E-state index is 0.208. The van der Waals surface area contributed by atoms with Crippen LogP contribution in [0.4, 0.5) is 0 Å². The molecule has 10 aromatic carbocycles. The summed E-state index contributed by atoms with van der Waals surface area (Å²) >= 11 is 0. The molecule has 0 radical (unpaired) electrons. The van der Waals surface area contributed by atoms with Crippen molar-refractivity contribution in [2.75, 3.05) is 0 Å².